The van der Waals surface area contributed by atoms with E-state index in [1.54, 1.807) is 24.5 Å². The van der Waals surface area contributed by atoms with Crippen LogP contribution in [-0.2, 0) is 16.0 Å². The first-order valence-electron chi connectivity index (χ1n) is 14.6. The molecule has 4 aromatic rings. The van der Waals surface area contributed by atoms with Crippen LogP contribution in [0.25, 0.3) is 11.0 Å². The molecule has 0 spiro atoms. The molecule has 2 fully saturated rings. The summed E-state index contributed by atoms with van der Waals surface area (Å²) in [6, 6.07) is 10.9. The quantitative estimate of drug-likeness (QED) is 0.240. The number of benzene rings is 1. The van der Waals surface area contributed by atoms with Crippen molar-refractivity contribution in [3.05, 3.63) is 98.1 Å². The van der Waals surface area contributed by atoms with Crippen molar-refractivity contribution < 1.29 is 19.1 Å². The van der Waals surface area contributed by atoms with Gasteiger partial charge in [0, 0.05) is 50.5 Å². The molecule has 3 aromatic heterocycles. The molecular weight excluding hydrogens is 641 g/mol. The van der Waals surface area contributed by atoms with Crippen molar-refractivity contribution in [2.45, 2.75) is 44.4 Å². The first-order valence-corrected chi connectivity index (χ1v) is 15.3. The Kier molecular flexibility index (Phi) is 10.7. The molecular formula is C32H32Cl3N5O5. The summed E-state index contributed by atoms with van der Waals surface area (Å²) < 4.78 is 13.2. The number of fused-ring (bicyclic) bond motifs is 1. The van der Waals surface area contributed by atoms with Gasteiger partial charge in [0.2, 0.25) is 5.43 Å². The van der Waals surface area contributed by atoms with Crippen LogP contribution in [0.3, 0.4) is 0 Å². The minimum absolute atomic E-state index is 0. The summed E-state index contributed by atoms with van der Waals surface area (Å²) in [5.41, 5.74) is 1.84. The second-order valence-electron chi connectivity index (χ2n) is 11.0. The number of amides is 1. The molecule has 1 aliphatic carbocycles. The van der Waals surface area contributed by atoms with Crippen LogP contribution in [0.1, 0.15) is 58.0 Å². The molecule has 6 rings (SSSR count). The molecule has 10 nitrogen and oxygen atoms in total. The van der Waals surface area contributed by atoms with Crippen LogP contribution in [0, 0.1) is 0 Å². The van der Waals surface area contributed by atoms with Gasteiger partial charge in [0.15, 0.2) is 0 Å². The minimum atomic E-state index is -0.636. The largest absolute Gasteiger partial charge is 0.459 e. The lowest BCUT2D eigenvalue weighted by Crippen LogP contribution is -2.35. The number of nitrogens with zero attached hydrogens (tertiary/aromatic N) is 4. The fourth-order valence-electron chi connectivity index (χ4n) is 5.76. The molecule has 1 amide bonds. The Morgan fingerprint density at radius 1 is 1.00 bits per heavy atom. The van der Waals surface area contributed by atoms with Gasteiger partial charge in [0.1, 0.15) is 17.3 Å². The van der Waals surface area contributed by atoms with Gasteiger partial charge in [-0.15, -0.1) is 12.4 Å². The van der Waals surface area contributed by atoms with Gasteiger partial charge in [-0.05, 0) is 55.5 Å². The Bertz CT molecular complexity index is 1720. The molecule has 0 unspecified atom stereocenters. The number of aromatic nitrogens is 3. The van der Waals surface area contributed by atoms with E-state index in [9.17, 15) is 14.4 Å². The summed E-state index contributed by atoms with van der Waals surface area (Å²) in [6.07, 6.45) is 8.27. The topological polar surface area (TPSA) is 116 Å². The fourth-order valence-corrected chi connectivity index (χ4v) is 6.22. The van der Waals surface area contributed by atoms with Crippen LogP contribution in [0.2, 0.25) is 10.0 Å². The van der Waals surface area contributed by atoms with Crippen LogP contribution >= 0.6 is 35.6 Å². The van der Waals surface area contributed by atoms with E-state index < -0.39 is 11.3 Å². The van der Waals surface area contributed by atoms with Gasteiger partial charge in [-0.25, -0.2) is 9.78 Å². The molecule has 0 bridgehead atoms. The fraction of sp³-hybridized carbons (Fsp3) is 0.344. The van der Waals surface area contributed by atoms with Crippen LogP contribution < -0.4 is 10.7 Å². The molecule has 1 N–H and O–H groups in total. The number of carbonyl (C=O) groups is 2. The number of hydrogen-bond acceptors (Lipinski definition) is 8. The van der Waals surface area contributed by atoms with Gasteiger partial charge in [-0.3, -0.25) is 19.5 Å². The number of hydrogen-bond donors (Lipinski definition) is 1. The van der Waals surface area contributed by atoms with E-state index in [1.807, 2.05) is 28.8 Å². The maximum atomic E-state index is 13.3. The monoisotopic (exact) mass is 671 g/mol. The van der Waals surface area contributed by atoms with Crippen LogP contribution in [0.15, 0.2) is 66.0 Å². The molecule has 13 heteroatoms. The molecule has 2 aliphatic rings. The molecule has 0 atom stereocenters. The predicted molar refractivity (Wildman–Crippen MR) is 175 cm³/mol. The molecule has 1 aromatic carbocycles. The number of ether oxygens (including phenoxy) is 2. The number of rotatable bonds is 7. The Morgan fingerprint density at radius 3 is 2.38 bits per heavy atom. The van der Waals surface area contributed by atoms with Crippen molar-refractivity contribution in [3.8, 4) is 0 Å². The average molecular weight is 673 g/mol. The summed E-state index contributed by atoms with van der Waals surface area (Å²) in [5.74, 6) is -0.975. The number of esters is 1. The predicted octanol–water partition coefficient (Wildman–Crippen LogP) is 5.95. The van der Waals surface area contributed by atoms with Crippen LogP contribution in [-0.4, -0.2) is 63.7 Å². The zero-order chi connectivity index (χ0) is 30.6. The first kappa shape index (κ1) is 32.8. The molecule has 45 heavy (non-hydrogen) atoms. The summed E-state index contributed by atoms with van der Waals surface area (Å²) in [4.78, 5) is 50.3. The third-order valence-corrected chi connectivity index (χ3v) is 8.71. The van der Waals surface area contributed by atoms with Gasteiger partial charge in [-0.2, -0.15) is 0 Å². The number of nitrogens with one attached hydrogen (secondary N) is 1. The van der Waals surface area contributed by atoms with Crippen molar-refractivity contribution in [1.82, 2.24) is 19.4 Å². The van der Waals surface area contributed by atoms with Crippen molar-refractivity contribution >= 4 is 64.2 Å². The Labute approximate surface area is 276 Å². The Hall–Kier alpha value is -3.54. The lowest BCUT2D eigenvalue weighted by molar-refractivity contribution is 0.0173. The van der Waals surface area contributed by atoms with E-state index in [4.69, 9.17) is 32.7 Å². The highest BCUT2D eigenvalue weighted by atomic mass is 35.5. The summed E-state index contributed by atoms with van der Waals surface area (Å²) >= 11 is 12.4. The van der Waals surface area contributed by atoms with Gasteiger partial charge >= 0.3 is 5.97 Å². The SMILES string of the molecule is Cl.O=C(OC1CCC(n2cc(C(=O)Nc3c(Cl)cncc3Cl)c(=O)c3cccnc32)CC1)c1ccc(CN2CCOCC2)cc1. The maximum absolute atomic E-state index is 13.3. The van der Waals surface area contributed by atoms with Gasteiger partial charge in [0.25, 0.3) is 5.91 Å². The van der Waals surface area contributed by atoms with Crippen molar-refractivity contribution in [2.75, 3.05) is 31.6 Å². The highest BCUT2D eigenvalue weighted by Crippen LogP contribution is 2.33. The normalized spacial score (nSPS) is 18.6. The Morgan fingerprint density at radius 2 is 1.69 bits per heavy atom. The second-order valence-corrected chi connectivity index (χ2v) is 11.8. The summed E-state index contributed by atoms with van der Waals surface area (Å²) in [6.45, 7) is 4.12. The maximum Gasteiger partial charge on any atom is 0.338 e. The molecule has 1 saturated carbocycles. The molecule has 0 radical (unpaired) electrons. The lowest BCUT2D eigenvalue weighted by Gasteiger charge is -2.31. The Balaban J connectivity index is 0.00000400. The van der Waals surface area contributed by atoms with E-state index in [0.29, 0.717) is 42.3 Å². The zero-order valence-corrected chi connectivity index (χ0v) is 26.6. The van der Waals surface area contributed by atoms with E-state index in [1.165, 1.54) is 12.4 Å². The highest BCUT2D eigenvalue weighted by Gasteiger charge is 2.28. The summed E-state index contributed by atoms with van der Waals surface area (Å²) in [5, 5.41) is 3.30. The third kappa shape index (κ3) is 7.48. The van der Waals surface area contributed by atoms with Crippen molar-refractivity contribution in [1.29, 1.82) is 0 Å². The van der Waals surface area contributed by atoms with E-state index in [2.05, 4.69) is 20.2 Å². The highest BCUT2D eigenvalue weighted by molar-refractivity contribution is 6.39. The number of morpholine rings is 1. The number of anilines is 1. The van der Waals surface area contributed by atoms with Crippen LogP contribution in [0.5, 0.6) is 0 Å². The van der Waals surface area contributed by atoms with Crippen molar-refractivity contribution in [3.63, 3.8) is 0 Å². The third-order valence-electron chi connectivity index (χ3n) is 8.14. The minimum Gasteiger partial charge on any atom is -0.459 e. The van der Waals surface area contributed by atoms with Gasteiger partial charge < -0.3 is 19.4 Å². The second kappa shape index (κ2) is 14.7. The van der Waals surface area contributed by atoms with Crippen molar-refractivity contribution in [2.24, 2.45) is 0 Å². The molecule has 1 aliphatic heterocycles. The number of halogens is 3. The van der Waals surface area contributed by atoms with Gasteiger partial charge in [0.05, 0.1) is 39.9 Å². The van der Waals surface area contributed by atoms with Gasteiger partial charge in [-0.1, -0.05) is 35.3 Å². The first-order chi connectivity index (χ1) is 21.4. The van der Waals surface area contributed by atoms with Crippen LogP contribution in [0.4, 0.5) is 5.69 Å². The summed E-state index contributed by atoms with van der Waals surface area (Å²) in [7, 11) is 0. The van der Waals surface area contributed by atoms with E-state index in [-0.39, 0.29) is 51.8 Å². The molecule has 1 saturated heterocycles. The zero-order valence-electron chi connectivity index (χ0n) is 24.3. The van der Waals surface area contributed by atoms with E-state index in [0.717, 1.165) is 38.4 Å². The standard InChI is InChI=1S/C32H31Cl2N5O5.ClH/c33-26-16-35-17-27(34)28(26)37-31(41)25-19-39(30-24(29(25)40)2-1-11-36-30)22-7-9-23(10-8-22)44-32(42)21-5-3-20(4-6-21)18-38-12-14-43-15-13-38;/h1-6,11,16-17,19,22-23H,7-10,12-15,18H2,(H,35,37,41);1H. The molecule has 4 heterocycles. The lowest BCUT2D eigenvalue weighted by atomic mass is 9.92. The molecule has 236 valence electrons. The number of carbonyl (C=O) groups excluding carboxylic acids is 2. The van der Waals surface area contributed by atoms with E-state index >= 15 is 0 Å². The smallest absolute Gasteiger partial charge is 0.338 e. The average Bonchev–Trinajstić information content (AvgIpc) is 3.04. The number of pyridine rings is 3.